The van der Waals surface area contributed by atoms with E-state index in [1.807, 2.05) is 24.3 Å². The number of likely N-dealkylation sites (N-methyl/N-ethyl adjacent to an activating group) is 1. The summed E-state index contributed by atoms with van der Waals surface area (Å²) >= 11 is 0. The molecular weight excluding hydrogens is 240 g/mol. The van der Waals surface area contributed by atoms with Crippen molar-refractivity contribution < 1.29 is 9.84 Å². The van der Waals surface area contributed by atoms with Crippen molar-refractivity contribution in [1.29, 1.82) is 0 Å². The van der Waals surface area contributed by atoms with E-state index in [2.05, 4.69) is 16.8 Å². The lowest BCUT2D eigenvalue weighted by Crippen LogP contribution is -2.45. The van der Waals surface area contributed by atoms with Gasteiger partial charge in [-0.05, 0) is 31.7 Å². The predicted octanol–water partition coefficient (Wildman–Crippen LogP) is 1.37. The fraction of sp³-hybridized carbons (Fsp3) is 0.600. The van der Waals surface area contributed by atoms with Crippen molar-refractivity contribution in [2.45, 2.75) is 13.0 Å². The summed E-state index contributed by atoms with van der Waals surface area (Å²) < 4.78 is 5.73. The van der Waals surface area contributed by atoms with Crippen molar-refractivity contribution >= 4 is 0 Å². The third-order valence-corrected chi connectivity index (χ3v) is 3.63. The minimum Gasteiger partial charge on any atom is -0.492 e. The molecule has 4 heteroatoms. The highest BCUT2D eigenvalue weighted by molar-refractivity contribution is 5.28. The van der Waals surface area contributed by atoms with Crippen molar-refractivity contribution in [2.75, 3.05) is 46.4 Å². The maximum Gasteiger partial charge on any atom is 0.119 e. The molecule has 1 saturated heterocycles. The number of hydrogen-bond donors (Lipinski definition) is 1. The van der Waals surface area contributed by atoms with Crippen molar-refractivity contribution in [1.82, 2.24) is 9.80 Å². The van der Waals surface area contributed by atoms with E-state index in [0.29, 0.717) is 0 Å². The van der Waals surface area contributed by atoms with Crippen LogP contribution in [0.1, 0.15) is 18.6 Å². The van der Waals surface area contributed by atoms with Gasteiger partial charge in [0, 0.05) is 32.7 Å². The van der Waals surface area contributed by atoms with Crippen LogP contribution < -0.4 is 4.74 Å². The Bertz CT molecular complexity index is 370. The van der Waals surface area contributed by atoms with Gasteiger partial charge in [-0.15, -0.1) is 0 Å². The molecule has 0 saturated carbocycles. The van der Waals surface area contributed by atoms with E-state index in [-0.39, 0.29) is 0 Å². The lowest BCUT2D eigenvalue weighted by Gasteiger charge is -2.32. The summed E-state index contributed by atoms with van der Waals surface area (Å²) in [6.45, 7) is 8.00. The van der Waals surface area contributed by atoms with Crippen LogP contribution in [0.15, 0.2) is 24.3 Å². The SMILES string of the molecule is CC(O)c1ccc(OCCN2CCN(C)CC2)cc1. The van der Waals surface area contributed by atoms with Crippen LogP contribution in [-0.4, -0.2) is 61.3 Å². The fourth-order valence-electron chi connectivity index (χ4n) is 2.21. The number of aliphatic hydroxyl groups excluding tert-OH is 1. The zero-order chi connectivity index (χ0) is 13.7. The van der Waals surface area contributed by atoms with Gasteiger partial charge >= 0.3 is 0 Å². The first-order valence-corrected chi connectivity index (χ1v) is 6.97. The van der Waals surface area contributed by atoms with E-state index in [9.17, 15) is 5.11 Å². The zero-order valence-corrected chi connectivity index (χ0v) is 11.9. The summed E-state index contributed by atoms with van der Waals surface area (Å²) in [4.78, 5) is 4.79. The molecule has 1 atom stereocenters. The van der Waals surface area contributed by atoms with E-state index < -0.39 is 6.10 Å². The molecule has 0 bridgehead atoms. The average molecular weight is 264 g/mol. The number of aliphatic hydroxyl groups is 1. The Kier molecular flexibility index (Phi) is 5.19. The minimum absolute atomic E-state index is 0.417. The van der Waals surface area contributed by atoms with Crippen LogP contribution in [0.3, 0.4) is 0 Å². The van der Waals surface area contributed by atoms with Gasteiger partial charge in [-0.2, -0.15) is 0 Å². The molecule has 0 aromatic heterocycles. The van der Waals surface area contributed by atoms with Crippen LogP contribution in [0.4, 0.5) is 0 Å². The molecule has 1 aromatic carbocycles. The number of piperazine rings is 1. The Morgan fingerprint density at radius 3 is 2.37 bits per heavy atom. The molecule has 0 spiro atoms. The molecule has 1 unspecified atom stereocenters. The highest BCUT2D eigenvalue weighted by Gasteiger charge is 2.13. The third kappa shape index (κ3) is 4.49. The summed E-state index contributed by atoms with van der Waals surface area (Å²) in [5, 5.41) is 9.43. The summed E-state index contributed by atoms with van der Waals surface area (Å²) in [6.07, 6.45) is -0.417. The molecular formula is C15H24N2O2. The van der Waals surface area contributed by atoms with Gasteiger partial charge in [0.1, 0.15) is 12.4 Å². The number of ether oxygens (including phenoxy) is 1. The summed E-state index contributed by atoms with van der Waals surface area (Å²) in [5.74, 6) is 0.874. The highest BCUT2D eigenvalue weighted by Crippen LogP contribution is 2.17. The molecule has 1 aliphatic rings. The molecule has 4 nitrogen and oxygen atoms in total. The fourth-order valence-corrected chi connectivity index (χ4v) is 2.21. The standard InChI is InChI=1S/C15H24N2O2/c1-13(18)14-3-5-15(6-4-14)19-12-11-17-9-7-16(2)8-10-17/h3-6,13,18H,7-12H2,1-2H3. The first-order chi connectivity index (χ1) is 9.15. The average Bonchev–Trinajstić information content (AvgIpc) is 2.41. The lowest BCUT2D eigenvalue weighted by atomic mass is 10.1. The predicted molar refractivity (Wildman–Crippen MR) is 76.5 cm³/mol. The van der Waals surface area contributed by atoms with E-state index in [4.69, 9.17) is 4.74 Å². The van der Waals surface area contributed by atoms with Gasteiger partial charge in [-0.1, -0.05) is 12.1 Å². The molecule has 0 aliphatic carbocycles. The van der Waals surface area contributed by atoms with Crippen LogP contribution >= 0.6 is 0 Å². The third-order valence-electron chi connectivity index (χ3n) is 3.63. The second-order valence-electron chi connectivity index (χ2n) is 5.24. The summed E-state index contributed by atoms with van der Waals surface area (Å²) in [7, 11) is 2.16. The quantitative estimate of drug-likeness (QED) is 0.871. The monoisotopic (exact) mass is 264 g/mol. The van der Waals surface area contributed by atoms with Gasteiger partial charge in [0.15, 0.2) is 0 Å². The molecule has 1 fully saturated rings. The van der Waals surface area contributed by atoms with Crippen molar-refractivity contribution in [3.63, 3.8) is 0 Å². The van der Waals surface area contributed by atoms with Gasteiger partial charge in [0.25, 0.3) is 0 Å². The van der Waals surface area contributed by atoms with Gasteiger partial charge in [-0.25, -0.2) is 0 Å². The number of hydrogen-bond acceptors (Lipinski definition) is 4. The minimum atomic E-state index is -0.417. The molecule has 0 amide bonds. The lowest BCUT2D eigenvalue weighted by molar-refractivity contribution is 0.133. The van der Waals surface area contributed by atoms with E-state index in [1.165, 1.54) is 0 Å². The molecule has 2 rings (SSSR count). The second kappa shape index (κ2) is 6.89. The largest absolute Gasteiger partial charge is 0.492 e. The number of rotatable bonds is 5. The molecule has 1 aromatic rings. The molecule has 19 heavy (non-hydrogen) atoms. The van der Waals surface area contributed by atoms with Gasteiger partial charge in [0.05, 0.1) is 6.10 Å². The second-order valence-corrected chi connectivity index (χ2v) is 5.24. The van der Waals surface area contributed by atoms with Crippen LogP contribution in [-0.2, 0) is 0 Å². The summed E-state index contributed by atoms with van der Waals surface area (Å²) in [5.41, 5.74) is 0.923. The Balaban J connectivity index is 1.70. The van der Waals surface area contributed by atoms with E-state index in [0.717, 1.165) is 50.6 Å². The Morgan fingerprint density at radius 1 is 1.16 bits per heavy atom. The number of nitrogens with zero attached hydrogens (tertiary/aromatic N) is 2. The Hall–Kier alpha value is -1.10. The summed E-state index contributed by atoms with van der Waals surface area (Å²) in [6, 6.07) is 7.67. The molecule has 106 valence electrons. The van der Waals surface area contributed by atoms with Crippen LogP contribution in [0, 0.1) is 0 Å². The van der Waals surface area contributed by atoms with Crippen LogP contribution in [0.5, 0.6) is 5.75 Å². The highest BCUT2D eigenvalue weighted by atomic mass is 16.5. The maximum atomic E-state index is 9.43. The maximum absolute atomic E-state index is 9.43. The topological polar surface area (TPSA) is 35.9 Å². The number of benzene rings is 1. The van der Waals surface area contributed by atoms with Crippen LogP contribution in [0.25, 0.3) is 0 Å². The molecule has 0 radical (unpaired) electrons. The normalized spacial score (nSPS) is 19.3. The molecule has 1 heterocycles. The van der Waals surface area contributed by atoms with Crippen molar-refractivity contribution in [3.05, 3.63) is 29.8 Å². The van der Waals surface area contributed by atoms with Crippen molar-refractivity contribution in [2.24, 2.45) is 0 Å². The first kappa shape index (κ1) is 14.3. The molecule has 1 aliphatic heterocycles. The van der Waals surface area contributed by atoms with E-state index in [1.54, 1.807) is 6.92 Å². The van der Waals surface area contributed by atoms with Gasteiger partial charge in [0.2, 0.25) is 0 Å². The Labute approximate surface area is 115 Å². The van der Waals surface area contributed by atoms with Gasteiger partial charge in [-0.3, -0.25) is 4.90 Å². The molecule has 1 N–H and O–H groups in total. The van der Waals surface area contributed by atoms with Crippen molar-refractivity contribution in [3.8, 4) is 5.75 Å². The van der Waals surface area contributed by atoms with Crippen LogP contribution in [0.2, 0.25) is 0 Å². The van der Waals surface area contributed by atoms with E-state index >= 15 is 0 Å². The Morgan fingerprint density at radius 2 is 1.79 bits per heavy atom. The zero-order valence-electron chi connectivity index (χ0n) is 11.9. The van der Waals surface area contributed by atoms with Gasteiger partial charge < -0.3 is 14.7 Å². The smallest absolute Gasteiger partial charge is 0.119 e. The first-order valence-electron chi connectivity index (χ1n) is 6.97.